The van der Waals surface area contributed by atoms with Gasteiger partial charge in [-0.1, -0.05) is 24.3 Å². The van der Waals surface area contributed by atoms with Crippen LogP contribution in [0, 0.1) is 11.7 Å². The summed E-state index contributed by atoms with van der Waals surface area (Å²) in [6.45, 7) is 3.69. The first-order chi connectivity index (χ1) is 21.7. The van der Waals surface area contributed by atoms with Crippen molar-refractivity contribution in [2.45, 2.75) is 76.2 Å². The van der Waals surface area contributed by atoms with Gasteiger partial charge in [-0.25, -0.2) is 9.37 Å². The predicted molar refractivity (Wildman–Crippen MR) is 171 cm³/mol. The molecule has 0 aliphatic heterocycles. The molecule has 3 aromatic rings. The number of rotatable bonds is 17. The summed E-state index contributed by atoms with van der Waals surface area (Å²) in [5, 5.41) is 14.1. The Kier molecular flexibility index (Phi) is 12.9. The number of nitrogens with two attached hydrogens (primary N) is 4. The standard InChI is InChI=1S/C32H43FN8O5/c1-32(2,46-30(45)22(34)9-6-14-38-31(36)37)13-12-20(28(35)43)17-27(42)25(16-19-7-5-8-21(33)15-19)41-29(44)26-18-39-23-10-3-4-11-24(23)40-26/h3-5,7-8,10-11,15,18,20,22,25,27,42H,6,9,12-14,16-17,34H2,1-2H3,(H2,35,43)(H,41,44)(H4,36,37,38). The number of nitrogens with zero attached hydrogens (tertiary/aromatic N) is 3. The Morgan fingerprint density at radius 2 is 1.78 bits per heavy atom. The summed E-state index contributed by atoms with van der Waals surface area (Å²) in [5.41, 5.74) is 22.9. The van der Waals surface area contributed by atoms with E-state index in [1.165, 1.54) is 24.4 Å². The lowest BCUT2D eigenvalue weighted by atomic mass is 9.87. The van der Waals surface area contributed by atoms with E-state index < -0.39 is 53.3 Å². The molecule has 248 valence electrons. The van der Waals surface area contributed by atoms with Crippen LogP contribution in [0.15, 0.2) is 59.7 Å². The zero-order chi connectivity index (χ0) is 33.9. The molecule has 2 aromatic carbocycles. The number of ether oxygens (including phenoxy) is 1. The Hall–Kier alpha value is -4.69. The molecule has 0 fully saturated rings. The molecule has 2 amide bonds. The molecular formula is C32H43FN8O5. The number of guanidine groups is 1. The molecule has 46 heavy (non-hydrogen) atoms. The fourth-order valence-electron chi connectivity index (χ4n) is 4.90. The van der Waals surface area contributed by atoms with Crippen molar-refractivity contribution in [3.05, 3.63) is 71.8 Å². The van der Waals surface area contributed by atoms with Crippen molar-refractivity contribution in [2.24, 2.45) is 33.8 Å². The minimum absolute atomic E-state index is 0.0274. The first kappa shape index (κ1) is 35.8. The number of primary amides is 1. The zero-order valence-corrected chi connectivity index (χ0v) is 26.1. The molecule has 0 saturated carbocycles. The zero-order valence-electron chi connectivity index (χ0n) is 26.1. The van der Waals surface area contributed by atoms with Crippen molar-refractivity contribution >= 4 is 34.8 Å². The number of aromatic nitrogens is 2. The highest BCUT2D eigenvalue weighted by Crippen LogP contribution is 2.25. The van der Waals surface area contributed by atoms with Crippen molar-refractivity contribution in [2.75, 3.05) is 6.54 Å². The van der Waals surface area contributed by atoms with Gasteiger partial charge in [0.2, 0.25) is 5.91 Å². The van der Waals surface area contributed by atoms with Gasteiger partial charge in [0.05, 0.1) is 29.4 Å². The number of aliphatic hydroxyl groups excluding tert-OH is 1. The average Bonchev–Trinajstić information content (AvgIpc) is 3.00. The lowest BCUT2D eigenvalue weighted by molar-refractivity contribution is -0.159. The number of nitrogens with one attached hydrogen (secondary N) is 1. The Balaban J connectivity index is 1.68. The van der Waals surface area contributed by atoms with Gasteiger partial charge >= 0.3 is 5.97 Å². The van der Waals surface area contributed by atoms with Crippen LogP contribution in [0.4, 0.5) is 4.39 Å². The first-order valence-electron chi connectivity index (χ1n) is 15.0. The van der Waals surface area contributed by atoms with Crippen molar-refractivity contribution in [1.82, 2.24) is 15.3 Å². The van der Waals surface area contributed by atoms with Crippen LogP contribution in [0.5, 0.6) is 0 Å². The summed E-state index contributed by atoms with van der Waals surface area (Å²) in [5.74, 6) is -3.24. The van der Waals surface area contributed by atoms with Crippen LogP contribution >= 0.6 is 0 Å². The molecule has 14 heteroatoms. The Morgan fingerprint density at radius 3 is 2.46 bits per heavy atom. The third kappa shape index (κ3) is 11.3. The molecule has 1 heterocycles. The summed E-state index contributed by atoms with van der Waals surface area (Å²) in [6.07, 6.45) is 1.20. The number of hydrogen-bond donors (Lipinski definition) is 6. The highest BCUT2D eigenvalue weighted by molar-refractivity contribution is 5.94. The quantitative estimate of drug-likeness (QED) is 0.0538. The molecule has 1 aromatic heterocycles. The third-order valence-corrected chi connectivity index (χ3v) is 7.48. The van der Waals surface area contributed by atoms with Gasteiger partial charge in [0.1, 0.15) is 23.2 Å². The number of hydrogen-bond acceptors (Lipinski definition) is 9. The van der Waals surface area contributed by atoms with Crippen LogP contribution in [0.3, 0.4) is 0 Å². The first-order valence-corrected chi connectivity index (χ1v) is 15.0. The Bertz CT molecular complexity index is 1530. The number of aliphatic imine (C=N–C) groups is 1. The Labute approximate surface area is 267 Å². The number of esters is 1. The maximum Gasteiger partial charge on any atom is 0.323 e. The largest absolute Gasteiger partial charge is 0.459 e. The van der Waals surface area contributed by atoms with Gasteiger partial charge < -0.3 is 38.1 Å². The van der Waals surface area contributed by atoms with E-state index in [0.29, 0.717) is 36.0 Å². The summed E-state index contributed by atoms with van der Waals surface area (Å²) in [4.78, 5) is 50.8. The molecule has 0 aliphatic carbocycles. The Morgan fingerprint density at radius 1 is 1.07 bits per heavy atom. The second-order valence-corrected chi connectivity index (χ2v) is 11.8. The highest BCUT2D eigenvalue weighted by atomic mass is 19.1. The second kappa shape index (κ2) is 16.6. The number of fused-ring (bicyclic) bond motifs is 1. The van der Waals surface area contributed by atoms with Gasteiger partial charge in [0, 0.05) is 12.5 Å². The fraction of sp³-hybridized carbons (Fsp3) is 0.438. The average molecular weight is 639 g/mol. The maximum absolute atomic E-state index is 14.0. The van der Waals surface area contributed by atoms with Gasteiger partial charge in [0.25, 0.3) is 5.91 Å². The summed E-state index contributed by atoms with van der Waals surface area (Å²) >= 11 is 0. The summed E-state index contributed by atoms with van der Waals surface area (Å²) in [6, 6.07) is 11.0. The number of amides is 2. The van der Waals surface area contributed by atoms with E-state index >= 15 is 0 Å². The van der Waals surface area contributed by atoms with Gasteiger partial charge in [-0.15, -0.1) is 0 Å². The number of aliphatic hydroxyl groups is 1. The number of benzene rings is 2. The molecule has 0 spiro atoms. The van der Waals surface area contributed by atoms with Crippen molar-refractivity contribution < 1.29 is 28.6 Å². The summed E-state index contributed by atoms with van der Waals surface area (Å²) < 4.78 is 19.6. The highest BCUT2D eigenvalue weighted by Gasteiger charge is 2.32. The minimum atomic E-state index is -1.26. The second-order valence-electron chi connectivity index (χ2n) is 11.8. The van der Waals surface area contributed by atoms with Gasteiger partial charge in [-0.2, -0.15) is 0 Å². The van der Waals surface area contributed by atoms with Crippen LogP contribution in [-0.2, 0) is 20.7 Å². The van der Waals surface area contributed by atoms with Crippen molar-refractivity contribution in [1.29, 1.82) is 0 Å². The van der Waals surface area contributed by atoms with E-state index in [1.54, 1.807) is 44.2 Å². The molecular weight excluding hydrogens is 595 g/mol. The van der Waals surface area contributed by atoms with E-state index in [2.05, 4.69) is 20.3 Å². The molecule has 0 aliphatic rings. The molecule has 3 rings (SSSR count). The molecule has 0 radical (unpaired) electrons. The number of carbonyl (C=O) groups is 3. The van der Waals surface area contributed by atoms with Gasteiger partial charge in [-0.3, -0.25) is 24.4 Å². The number of carbonyl (C=O) groups excluding carboxylic acids is 3. The fourth-order valence-corrected chi connectivity index (χ4v) is 4.90. The monoisotopic (exact) mass is 638 g/mol. The van der Waals surface area contributed by atoms with Crippen LogP contribution in [-0.4, -0.2) is 69.2 Å². The third-order valence-electron chi connectivity index (χ3n) is 7.48. The van der Waals surface area contributed by atoms with Crippen molar-refractivity contribution in [3.8, 4) is 0 Å². The van der Waals surface area contributed by atoms with Gasteiger partial charge in [-0.05, 0) is 82.2 Å². The van der Waals surface area contributed by atoms with Gasteiger partial charge in [0.15, 0.2) is 5.96 Å². The molecule has 10 N–H and O–H groups in total. The molecule has 4 atom stereocenters. The smallest absolute Gasteiger partial charge is 0.323 e. The maximum atomic E-state index is 14.0. The lowest BCUT2D eigenvalue weighted by Crippen LogP contribution is -2.47. The minimum Gasteiger partial charge on any atom is -0.459 e. The molecule has 0 saturated heterocycles. The summed E-state index contributed by atoms with van der Waals surface area (Å²) in [7, 11) is 0. The molecule has 4 unspecified atom stereocenters. The lowest BCUT2D eigenvalue weighted by Gasteiger charge is -2.30. The molecule has 0 bridgehead atoms. The van der Waals surface area contributed by atoms with Crippen LogP contribution in [0.1, 0.15) is 62.0 Å². The SMILES string of the molecule is CC(C)(CCC(CC(O)C(Cc1cccc(F)c1)NC(=O)c1cnc2ccccc2n1)C(N)=O)OC(=O)C(N)CCCN=C(N)N. The van der Waals surface area contributed by atoms with Crippen LogP contribution < -0.4 is 28.3 Å². The number of para-hydroxylation sites is 2. The van der Waals surface area contributed by atoms with E-state index in [4.69, 9.17) is 27.7 Å². The number of halogens is 1. The van der Waals surface area contributed by atoms with Crippen LogP contribution in [0.2, 0.25) is 0 Å². The molecule has 13 nitrogen and oxygen atoms in total. The van der Waals surface area contributed by atoms with E-state index in [9.17, 15) is 23.9 Å². The van der Waals surface area contributed by atoms with E-state index in [0.717, 1.165) is 0 Å². The predicted octanol–water partition coefficient (Wildman–Crippen LogP) is 1.45. The van der Waals surface area contributed by atoms with E-state index in [-0.39, 0.29) is 37.3 Å². The topological polar surface area (TPSA) is 235 Å². The van der Waals surface area contributed by atoms with Crippen molar-refractivity contribution in [3.63, 3.8) is 0 Å². The van der Waals surface area contributed by atoms with E-state index in [1.807, 2.05) is 0 Å². The normalized spacial score (nSPS) is 14.1. The van der Waals surface area contributed by atoms with Crippen LogP contribution in [0.25, 0.3) is 11.0 Å².